The average molecular weight is 435 g/mol. The van der Waals surface area contributed by atoms with E-state index in [1.807, 2.05) is 36.4 Å². The monoisotopic (exact) mass is 434 g/mol. The number of thioether (sulfide) groups is 1. The van der Waals surface area contributed by atoms with Crippen LogP contribution in [0.5, 0.6) is 0 Å². The number of hydrogen-bond acceptors (Lipinski definition) is 6. The van der Waals surface area contributed by atoms with Gasteiger partial charge in [-0.1, -0.05) is 35.6 Å². The second-order valence-corrected chi connectivity index (χ2v) is 8.61. The van der Waals surface area contributed by atoms with Gasteiger partial charge >= 0.3 is 0 Å². The Bertz CT molecular complexity index is 904. The van der Waals surface area contributed by atoms with E-state index in [0.29, 0.717) is 26.6 Å². The second-order valence-electron chi connectivity index (χ2n) is 6.50. The lowest BCUT2D eigenvalue weighted by Gasteiger charge is -2.28. The number of thiocarbonyl (C=S) groups is 1. The van der Waals surface area contributed by atoms with Gasteiger partial charge in [-0.3, -0.25) is 14.6 Å². The Labute approximate surface area is 178 Å². The van der Waals surface area contributed by atoms with E-state index >= 15 is 0 Å². The summed E-state index contributed by atoms with van der Waals surface area (Å²) in [6.45, 7) is 4.66. The van der Waals surface area contributed by atoms with Crippen LogP contribution < -0.4 is 0 Å². The van der Waals surface area contributed by atoms with Crippen molar-refractivity contribution < 1.29 is 13.9 Å². The molecule has 0 spiro atoms. The van der Waals surface area contributed by atoms with Gasteiger partial charge in [0.15, 0.2) is 0 Å². The Hall–Kier alpha value is -1.64. The predicted octanol–water partition coefficient (Wildman–Crippen LogP) is 4.13. The SMILES string of the molecule is O=C1/C(=C/c2ccc(-c3ccc(Cl)cc3)o2)SC(=S)N1CCN1CCOCC1. The van der Waals surface area contributed by atoms with Crippen LogP contribution in [0.25, 0.3) is 17.4 Å². The molecule has 0 N–H and O–H groups in total. The first-order valence-corrected chi connectivity index (χ1v) is 10.6. The summed E-state index contributed by atoms with van der Waals surface area (Å²) in [6.07, 6.45) is 1.76. The molecule has 1 amide bonds. The van der Waals surface area contributed by atoms with Gasteiger partial charge in [0.2, 0.25) is 0 Å². The van der Waals surface area contributed by atoms with Crippen LogP contribution in [-0.4, -0.2) is 59.4 Å². The van der Waals surface area contributed by atoms with E-state index < -0.39 is 0 Å². The molecule has 0 saturated carbocycles. The molecule has 146 valence electrons. The molecule has 2 aliphatic rings. The van der Waals surface area contributed by atoms with Crippen LogP contribution in [0, 0.1) is 0 Å². The fourth-order valence-corrected chi connectivity index (χ4v) is 4.50. The Morgan fingerprint density at radius 2 is 1.86 bits per heavy atom. The molecular formula is C20H19ClN2O3S2. The topological polar surface area (TPSA) is 45.9 Å². The lowest BCUT2D eigenvalue weighted by Crippen LogP contribution is -2.42. The molecule has 8 heteroatoms. The lowest BCUT2D eigenvalue weighted by atomic mass is 10.2. The van der Waals surface area contributed by atoms with Crippen molar-refractivity contribution in [1.29, 1.82) is 0 Å². The molecular weight excluding hydrogens is 416 g/mol. The van der Waals surface area contributed by atoms with Crippen molar-refractivity contribution in [3.63, 3.8) is 0 Å². The van der Waals surface area contributed by atoms with E-state index in [-0.39, 0.29) is 5.91 Å². The zero-order chi connectivity index (χ0) is 19.5. The zero-order valence-electron chi connectivity index (χ0n) is 15.1. The molecule has 4 rings (SSSR count). The molecule has 2 saturated heterocycles. The minimum Gasteiger partial charge on any atom is -0.457 e. The van der Waals surface area contributed by atoms with Crippen LogP contribution in [0.15, 0.2) is 45.7 Å². The van der Waals surface area contributed by atoms with Gasteiger partial charge in [0, 0.05) is 42.8 Å². The van der Waals surface area contributed by atoms with Gasteiger partial charge in [0.05, 0.1) is 18.1 Å². The van der Waals surface area contributed by atoms with E-state index in [0.717, 1.165) is 44.2 Å². The molecule has 0 aliphatic carbocycles. The Morgan fingerprint density at radius 1 is 1.11 bits per heavy atom. The van der Waals surface area contributed by atoms with E-state index in [1.165, 1.54) is 11.8 Å². The van der Waals surface area contributed by atoms with Gasteiger partial charge in [-0.2, -0.15) is 0 Å². The maximum absolute atomic E-state index is 12.8. The molecule has 2 fully saturated rings. The van der Waals surface area contributed by atoms with Gasteiger partial charge in [0.1, 0.15) is 15.8 Å². The molecule has 2 aliphatic heterocycles. The number of morpholine rings is 1. The third-order valence-electron chi connectivity index (χ3n) is 4.65. The Balaban J connectivity index is 1.43. The molecule has 5 nitrogen and oxygen atoms in total. The van der Waals surface area contributed by atoms with Crippen molar-refractivity contribution in [2.45, 2.75) is 0 Å². The summed E-state index contributed by atoms with van der Waals surface area (Å²) in [5.74, 6) is 1.29. The molecule has 0 atom stereocenters. The van der Waals surface area contributed by atoms with Crippen molar-refractivity contribution in [3.05, 3.63) is 52.1 Å². The summed E-state index contributed by atoms with van der Waals surface area (Å²) >= 11 is 12.7. The van der Waals surface area contributed by atoms with Gasteiger partial charge < -0.3 is 9.15 Å². The molecule has 2 aromatic rings. The number of amides is 1. The van der Waals surface area contributed by atoms with E-state index in [2.05, 4.69) is 4.90 Å². The first kappa shape index (κ1) is 19.7. The number of carbonyl (C=O) groups excluding carboxylic acids is 1. The van der Waals surface area contributed by atoms with E-state index in [1.54, 1.807) is 11.0 Å². The fraction of sp³-hybridized carbons (Fsp3) is 0.300. The highest BCUT2D eigenvalue weighted by Gasteiger charge is 2.32. The average Bonchev–Trinajstić information content (AvgIpc) is 3.27. The van der Waals surface area contributed by atoms with Crippen LogP contribution in [0.4, 0.5) is 0 Å². The van der Waals surface area contributed by atoms with Gasteiger partial charge in [-0.15, -0.1) is 0 Å². The van der Waals surface area contributed by atoms with Crippen molar-refractivity contribution >= 4 is 51.9 Å². The lowest BCUT2D eigenvalue weighted by molar-refractivity contribution is -0.122. The number of furan rings is 1. The Morgan fingerprint density at radius 3 is 2.61 bits per heavy atom. The summed E-state index contributed by atoms with van der Waals surface area (Å²) in [5, 5.41) is 0.677. The third kappa shape index (κ3) is 4.50. The van der Waals surface area contributed by atoms with Crippen LogP contribution in [0.3, 0.4) is 0 Å². The molecule has 1 aromatic carbocycles. The van der Waals surface area contributed by atoms with E-state index in [9.17, 15) is 4.79 Å². The number of benzene rings is 1. The molecule has 0 unspecified atom stereocenters. The number of halogens is 1. The van der Waals surface area contributed by atoms with Gasteiger partial charge in [-0.05, 0) is 36.4 Å². The first-order chi connectivity index (χ1) is 13.6. The van der Waals surface area contributed by atoms with E-state index in [4.69, 9.17) is 33.0 Å². The largest absolute Gasteiger partial charge is 0.457 e. The fourth-order valence-electron chi connectivity index (χ4n) is 3.09. The maximum Gasteiger partial charge on any atom is 0.266 e. The molecule has 28 heavy (non-hydrogen) atoms. The standard InChI is InChI=1S/C20H19ClN2O3S2/c21-15-3-1-14(2-4-15)17-6-5-16(26-17)13-18-19(24)23(20(27)28-18)8-7-22-9-11-25-12-10-22/h1-6,13H,7-12H2/b18-13-. The molecule has 0 radical (unpaired) electrons. The zero-order valence-corrected chi connectivity index (χ0v) is 17.5. The maximum atomic E-state index is 12.8. The van der Waals surface area contributed by atoms with Crippen LogP contribution >= 0.6 is 35.6 Å². The van der Waals surface area contributed by atoms with Crippen LogP contribution in [0.1, 0.15) is 5.76 Å². The minimum atomic E-state index is -0.0623. The smallest absolute Gasteiger partial charge is 0.266 e. The number of hydrogen-bond donors (Lipinski definition) is 0. The highest BCUT2D eigenvalue weighted by atomic mass is 35.5. The van der Waals surface area contributed by atoms with Crippen molar-refractivity contribution in [1.82, 2.24) is 9.80 Å². The molecule has 1 aromatic heterocycles. The minimum absolute atomic E-state index is 0.0623. The van der Waals surface area contributed by atoms with Gasteiger partial charge in [0.25, 0.3) is 5.91 Å². The van der Waals surface area contributed by atoms with Crippen LogP contribution in [0.2, 0.25) is 5.02 Å². The number of rotatable bonds is 5. The summed E-state index contributed by atoms with van der Waals surface area (Å²) < 4.78 is 11.8. The summed E-state index contributed by atoms with van der Waals surface area (Å²) in [5.41, 5.74) is 0.933. The second kappa shape index (κ2) is 8.80. The quantitative estimate of drug-likeness (QED) is 0.520. The normalized spacial score (nSPS) is 19.8. The van der Waals surface area contributed by atoms with Crippen LogP contribution in [-0.2, 0) is 9.53 Å². The first-order valence-electron chi connectivity index (χ1n) is 9.01. The summed E-state index contributed by atoms with van der Waals surface area (Å²) in [4.78, 5) is 17.3. The highest BCUT2D eigenvalue weighted by Crippen LogP contribution is 2.33. The van der Waals surface area contributed by atoms with Gasteiger partial charge in [-0.25, -0.2) is 0 Å². The number of carbonyl (C=O) groups is 1. The summed E-state index contributed by atoms with van der Waals surface area (Å²) in [7, 11) is 0. The van der Waals surface area contributed by atoms with Crippen molar-refractivity contribution in [2.24, 2.45) is 0 Å². The molecule has 3 heterocycles. The predicted molar refractivity (Wildman–Crippen MR) is 116 cm³/mol. The number of nitrogens with zero attached hydrogens (tertiary/aromatic N) is 2. The summed E-state index contributed by atoms with van der Waals surface area (Å²) in [6, 6.07) is 11.2. The van der Waals surface area contributed by atoms with Crippen molar-refractivity contribution in [3.8, 4) is 11.3 Å². The van der Waals surface area contributed by atoms with Crippen molar-refractivity contribution in [2.75, 3.05) is 39.4 Å². The number of ether oxygens (including phenoxy) is 1. The highest BCUT2D eigenvalue weighted by molar-refractivity contribution is 8.26. The Kier molecular flexibility index (Phi) is 6.18. The third-order valence-corrected chi connectivity index (χ3v) is 6.28. The molecule has 0 bridgehead atoms.